The van der Waals surface area contributed by atoms with Crippen molar-refractivity contribution in [2.45, 2.75) is 20.0 Å². The van der Waals surface area contributed by atoms with Crippen LogP contribution in [0.5, 0.6) is 5.75 Å². The van der Waals surface area contributed by atoms with Gasteiger partial charge in [0.05, 0.1) is 18.5 Å². The first kappa shape index (κ1) is 16.3. The lowest BCUT2D eigenvalue weighted by Gasteiger charge is -2.14. The van der Waals surface area contributed by atoms with Gasteiger partial charge in [0, 0.05) is 0 Å². The number of para-hydroxylation sites is 2. The minimum Gasteiger partial charge on any atom is -0.495 e. The largest absolute Gasteiger partial charge is 0.495 e. The summed E-state index contributed by atoms with van der Waals surface area (Å²) in [5.41, 5.74) is 6.30. The van der Waals surface area contributed by atoms with Crippen LogP contribution >= 0.6 is 0 Å². The van der Waals surface area contributed by atoms with Gasteiger partial charge in [0.15, 0.2) is 6.10 Å². The molecule has 23 heavy (non-hydrogen) atoms. The first-order chi connectivity index (χ1) is 10.9. The van der Waals surface area contributed by atoms with Crippen molar-refractivity contribution in [3.63, 3.8) is 0 Å². The Morgan fingerprint density at radius 3 is 2.65 bits per heavy atom. The van der Waals surface area contributed by atoms with Gasteiger partial charge in [0.25, 0.3) is 5.91 Å². The van der Waals surface area contributed by atoms with Crippen LogP contribution in [0.4, 0.5) is 11.6 Å². The maximum atomic E-state index is 12.1. The second-order valence-electron chi connectivity index (χ2n) is 4.74. The summed E-state index contributed by atoms with van der Waals surface area (Å²) < 4.78 is 14.9. The second-order valence-corrected chi connectivity index (χ2v) is 4.74. The van der Waals surface area contributed by atoms with Gasteiger partial charge in [0.2, 0.25) is 5.88 Å². The summed E-state index contributed by atoms with van der Waals surface area (Å²) in [6.07, 6.45) is -1.04. The van der Waals surface area contributed by atoms with Crippen LogP contribution in [0.3, 0.4) is 0 Å². The third kappa shape index (κ3) is 3.60. The number of ether oxygens (including phenoxy) is 2. The Hall–Kier alpha value is -3.03. The maximum Gasteiger partial charge on any atom is 0.346 e. The van der Waals surface area contributed by atoms with Crippen LogP contribution in [0.25, 0.3) is 0 Å². The number of hydrogen-bond acceptors (Lipinski definition) is 7. The van der Waals surface area contributed by atoms with Crippen molar-refractivity contribution < 1.29 is 23.6 Å². The van der Waals surface area contributed by atoms with Gasteiger partial charge in [-0.05, 0) is 26.0 Å². The molecule has 122 valence electrons. The van der Waals surface area contributed by atoms with Crippen molar-refractivity contribution in [2.24, 2.45) is 0 Å². The van der Waals surface area contributed by atoms with Gasteiger partial charge in [-0.25, -0.2) is 4.79 Å². The molecule has 2 rings (SSSR count). The highest BCUT2D eigenvalue weighted by molar-refractivity contribution is 5.99. The number of nitrogens with zero attached hydrogens (tertiary/aromatic N) is 1. The van der Waals surface area contributed by atoms with E-state index in [1.165, 1.54) is 14.0 Å². The molecule has 0 aliphatic carbocycles. The van der Waals surface area contributed by atoms with Gasteiger partial charge in [-0.1, -0.05) is 17.3 Å². The Kier molecular flexibility index (Phi) is 4.85. The number of amides is 1. The van der Waals surface area contributed by atoms with Crippen molar-refractivity contribution in [3.05, 3.63) is 35.5 Å². The van der Waals surface area contributed by atoms with Gasteiger partial charge in [-0.2, -0.15) is 0 Å². The van der Waals surface area contributed by atoms with Crippen molar-refractivity contribution in [3.8, 4) is 5.75 Å². The Balaban J connectivity index is 2.04. The molecule has 2 aromatic rings. The molecule has 0 fully saturated rings. The SMILES string of the molecule is COc1ccccc1NC(=O)[C@@H](C)OC(=O)c1c(C)noc1N. The minimum atomic E-state index is -1.04. The average Bonchev–Trinajstić information content (AvgIpc) is 2.86. The number of nitrogen functional groups attached to an aromatic ring is 1. The number of nitrogens with two attached hydrogens (primary N) is 1. The number of rotatable bonds is 5. The van der Waals surface area contributed by atoms with Crippen LogP contribution < -0.4 is 15.8 Å². The summed E-state index contributed by atoms with van der Waals surface area (Å²) in [6.45, 7) is 3.00. The van der Waals surface area contributed by atoms with E-state index >= 15 is 0 Å². The lowest BCUT2D eigenvalue weighted by Crippen LogP contribution is -2.30. The summed E-state index contributed by atoms with van der Waals surface area (Å²) in [5, 5.41) is 6.19. The Morgan fingerprint density at radius 1 is 1.35 bits per heavy atom. The van der Waals surface area contributed by atoms with E-state index in [9.17, 15) is 9.59 Å². The first-order valence-electron chi connectivity index (χ1n) is 6.80. The molecule has 1 atom stereocenters. The van der Waals surface area contributed by atoms with E-state index in [1.807, 2.05) is 0 Å². The minimum absolute atomic E-state index is 0.0157. The Morgan fingerprint density at radius 2 is 2.04 bits per heavy atom. The highest BCUT2D eigenvalue weighted by Crippen LogP contribution is 2.23. The Labute approximate surface area is 132 Å². The predicted molar refractivity (Wildman–Crippen MR) is 82.2 cm³/mol. The maximum absolute atomic E-state index is 12.1. The van der Waals surface area contributed by atoms with E-state index in [2.05, 4.69) is 10.5 Å². The fourth-order valence-corrected chi connectivity index (χ4v) is 1.89. The van der Waals surface area contributed by atoms with E-state index in [1.54, 1.807) is 31.2 Å². The molecule has 0 bridgehead atoms. The fraction of sp³-hybridized carbons (Fsp3) is 0.267. The van der Waals surface area contributed by atoms with Crippen LogP contribution in [0.2, 0.25) is 0 Å². The molecular formula is C15H17N3O5. The Bertz CT molecular complexity index is 706. The molecule has 8 nitrogen and oxygen atoms in total. The molecular weight excluding hydrogens is 302 g/mol. The van der Waals surface area contributed by atoms with Crippen molar-refractivity contribution >= 4 is 23.4 Å². The lowest BCUT2D eigenvalue weighted by atomic mass is 10.2. The van der Waals surface area contributed by atoms with Crippen LogP contribution in [-0.2, 0) is 9.53 Å². The van der Waals surface area contributed by atoms with Crippen molar-refractivity contribution in [2.75, 3.05) is 18.2 Å². The van der Waals surface area contributed by atoms with E-state index in [-0.39, 0.29) is 11.4 Å². The quantitative estimate of drug-likeness (QED) is 0.806. The van der Waals surface area contributed by atoms with Crippen molar-refractivity contribution in [1.29, 1.82) is 0 Å². The summed E-state index contributed by atoms with van der Waals surface area (Å²) in [4.78, 5) is 24.2. The highest BCUT2D eigenvalue weighted by atomic mass is 16.5. The van der Waals surface area contributed by atoms with E-state index in [4.69, 9.17) is 19.7 Å². The van der Waals surface area contributed by atoms with E-state index < -0.39 is 18.0 Å². The normalized spacial score (nSPS) is 11.6. The molecule has 3 N–H and O–H groups in total. The molecule has 0 spiro atoms. The molecule has 0 aliphatic rings. The summed E-state index contributed by atoms with van der Waals surface area (Å²) in [7, 11) is 1.49. The number of carbonyl (C=O) groups is 2. The summed E-state index contributed by atoms with van der Waals surface area (Å²) >= 11 is 0. The second kappa shape index (κ2) is 6.82. The molecule has 0 saturated carbocycles. The molecule has 0 radical (unpaired) electrons. The van der Waals surface area contributed by atoms with Gasteiger partial charge in [-0.3, -0.25) is 4.79 Å². The van der Waals surface area contributed by atoms with Gasteiger partial charge in [-0.15, -0.1) is 0 Å². The lowest BCUT2D eigenvalue weighted by molar-refractivity contribution is -0.123. The van der Waals surface area contributed by atoms with Crippen LogP contribution in [-0.4, -0.2) is 30.2 Å². The topological polar surface area (TPSA) is 117 Å². The molecule has 1 aromatic carbocycles. The number of esters is 1. The zero-order valence-corrected chi connectivity index (χ0v) is 13.0. The molecule has 0 saturated heterocycles. The number of nitrogens with one attached hydrogen (secondary N) is 1. The number of hydrogen-bond donors (Lipinski definition) is 2. The molecule has 1 amide bonds. The molecule has 0 aliphatic heterocycles. The van der Waals surface area contributed by atoms with E-state index in [0.29, 0.717) is 17.1 Å². The zero-order valence-electron chi connectivity index (χ0n) is 13.0. The highest BCUT2D eigenvalue weighted by Gasteiger charge is 2.25. The summed E-state index contributed by atoms with van der Waals surface area (Å²) in [5.74, 6) is -0.928. The molecule has 0 unspecified atom stereocenters. The number of aryl methyl sites for hydroxylation is 1. The first-order valence-corrected chi connectivity index (χ1v) is 6.80. The van der Waals surface area contributed by atoms with Crippen LogP contribution in [0, 0.1) is 6.92 Å². The monoisotopic (exact) mass is 319 g/mol. The summed E-state index contributed by atoms with van der Waals surface area (Å²) in [6, 6.07) is 6.90. The van der Waals surface area contributed by atoms with Gasteiger partial charge in [0.1, 0.15) is 11.3 Å². The number of benzene rings is 1. The van der Waals surface area contributed by atoms with Gasteiger partial charge < -0.3 is 25.0 Å². The number of carbonyl (C=O) groups excluding carboxylic acids is 2. The van der Waals surface area contributed by atoms with Gasteiger partial charge >= 0.3 is 5.97 Å². The standard InChI is InChI=1S/C15H17N3O5/c1-8-12(13(16)23-18-8)15(20)22-9(2)14(19)17-10-6-4-5-7-11(10)21-3/h4-7,9H,16H2,1-3H3,(H,17,19)/t9-/m1/s1. The number of aromatic nitrogens is 1. The van der Waals surface area contributed by atoms with Crippen molar-refractivity contribution in [1.82, 2.24) is 5.16 Å². The molecule has 1 aromatic heterocycles. The predicted octanol–water partition coefficient (Wildman–Crippen LogP) is 1.76. The zero-order chi connectivity index (χ0) is 17.0. The van der Waals surface area contributed by atoms with Crippen LogP contribution in [0.1, 0.15) is 23.0 Å². The van der Waals surface area contributed by atoms with Crippen LogP contribution in [0.15, 0.2) is 28.8 Å². The third-order valence-electron chi connectivity index (χ3n) is 3.11. The smallest absolute Gasteiger partial charge is 0.346 e. The number of methoxy groups -OCH3 is 1. The molecule has 1 heterocycles. The third-order valence-corrected chi connectivity index (χ3v) is 3.11. The van der Waals surface area contributed by atoms with E-state index in [0.717, 1.165) is 0 Å². The molecule has 8 heteroatoms. The number of anilines is 2. The average molecular weight is 319 g/mol. The fourth-order valence-electron chi connectivity index (χ4n) is 1.89.